The first-order chi connectivity index (χ1) is 16.3. The van der Waals surface area contributed by atoms with Crippen LogP contribution >= 0.6 is 0 Å². The number of aliphatic carboxylic acids is 1. The summed E-state index contributed by atoms with van der Waals surface area (Å²) in [6.45, 7) is 0.303. The van der Waals surface area contributed by atoms with Gasteiger partial charge in [0.2, 0.25) is 23.6 Å². The van der Waals surface area contributed by atoms with Crippen molar-refractivity contribution >= 4 is 29.6 Å². The highest BCUT2D eigenvalue weighted by Gasteiger charge is 2.32. The van der Waals surface area contributed by atoms with Gasteiger partial charge in [-0.3, -0.25) is 19.2 Å². The smallest absolute Gasteiger partial charge is 0.328 e. The quantitative estimate of drug-likeness (QED) is 0.122. The molecule has 0 heterocycles. The Labute approximate surface area is 200 Å². The van der Waals surface area contributed by atoms with Crippen molar-refractivity contribution in [1.29, 1.82) is 0 Å². The van der Waals surface area contributed by atoms with Gasteiger partial charge in [-0.15, -0.1) is 0 Å². The van der Waals surface area contributed by atoms with Crippen molar-refractivity contribution in [1.82, 2.24) is 16.0 Å². The average Bonchev–Trinajstić information content (AvgIpc) is 2.79. The molecule has 0 bridgehead atoms. The zero-order chi connectivity index (χ0) is 26.7. The van der Waals surface area contributed by atoms with Crippen molar-refractivity contribution in [3.8, 4) is 5.75 Å². The van der Waals surface area contributed by atoms with E-state index in [1.54, 1.807) is 0 Å². The Bertz CT molecular complexity index is 907. The Morgan fingerprint density at radius 2 is 1.51 bits per heavy atom. The van der Waals surface area contributed by atoms with E-state index in [1.807, 2.05) is 0 Å². The molecular weight excluding hydrogens is 466 g/mol. The van der Waals surface area contributed by atoms with Gasteiger partial charge in [0.1, 0.15) is 23.9 Å². The molecule has 0 radical (unpaired) electrons. The molecule has 14 nitrogen and oxygen atoms in total. The molecule has 0 aliphatic heterocycles. The molecule has 0 saturated heterocycles. The second-order valence-electron chi connectivity index (χ2n) is 7.85. The fourth-order valence-corrected chi connectivity index (χ4v) is 2.89. The lowest BCUT2D eigenvalue weighted by molar-refractivity contribution is -0.143. The number of carboxylic acids is 1. The fraction of sp³-hybridized carbons (Fsp3) is 0.476. The third-order valence-electron chi connectivity index (χ3n) is 4.91. The summed E-state index contributed by atoms with van der Waals surface area (Å²) in [5.74, 6) is -5.02. The van der Waals surface area contributed by atoms with Crippen molar-refractivity contribution in [2.75, 3.05) is 6.61 Å². The van der Waals surface area contributed by atoms with E-state index >= 15 is 0 Å². The molecule has 0 spiro atoms. The van der Waals surface area contributed by atoms with E-state index in [0.717, 1.165) is 0 Å². The van der Waals surface area contributed by atoms with Gasteiger partial charge in [0.15, 0.2) is 0 Å². The number of amides is 4. The third kappa shape index (κ3) is 9.95. The lowest BCUT2D eigenvalue weighted by Crippen LogP contribution is -2.60. The number of aromatic hydroxyl groups is 1. The van der Waals surface area contributed by atoms with Crippen LogP contribution in [0.5, 0.6) is 5.75 Å². The van der Waals surface area contributed by atoms with E-state index in [2.05, 4.69) is 16.0 Å². The Hall–Kier alpha value is -3.75. The number of hydrogen-bond acceptors (Lipinski definition) is 9. The average molecular weight is 498 g/mol. The summed E-state index contributed by atoms with van der Waals surface area (Å²) in [6.07, 6.45) is -1.86. The number of benzene rings is 1. The van der Waals surface area contributed by atoms with E-state index in [0.29, 0.717) is 5.56 Å². The summed E-state index contributed by atoms with van der Waals surface area (Å²) in [5, 5.41) is 44.4. The van der Waals surface area contributed by atoms with Crippen molar-refractivity contribution in [2.45, 2.75) is 56.5 Å². The number of carbonyl (C=O) groups excluding carboxylic acids is 4. The SMILES string of the molecule is CC(O)C(NC(=O)C(N)CCC(N)=O)C(=O)NC(Cc1ccc(O)cc1)C(=O)NC(CO)C(=O)O. The summed E-state index contributed by atoms with van der Waals surface area (Å²) in [6, 6.07) is -0.168. The number of nitrogens with two attached hydrogens (primary N) is 2. The summed E-state index contributed by atoms with van der Waals surface area (Å²) < 4.78 is 0. The molecule has 11 N–H and O–H groups in total. The fourth-order valence-electron chi connectivity index (χ4n) is 2.89. The van der Waals surface area contributed by atoms with Gasteiger partial charge in [0.25, 0.3) is 0 Å². The van der Waals surface area contributed by atoms with Crippen LogP contribution in [-0.2, 0) is 30.4 Å². The predicted molar refractivity (Wildman–Crippen MR) is 120 cm³/mol. The molecule has 194 valence electrons. The molecule has 0 aromatic heterocycles. The molecule has 5 atom stereocenters. The molecule has 0 aliphatic carbocycles. The molecular formula is C21H31N5O9. The highest BCUT2D eigenvalue weighted by atomic mass is 16.4. The maximum absolute atomic E-state index is 12.9. The first-order valence-electron chi connectivity index (χ1n) is 10.6. The van der Waals surface area contributed by atoms with Gasteiger partial charge >= 0.3 is 5.97 Å². The zero-order valence-corrected chi connectivity index (χ0v) is 19.0. The summed E-state index contributed by atoms with van der Waals surface area (Å²) in [4.78, 5) is 60.0. The lowest BCUT2D eigenvalue weighted by Gasteiger charge is -2.26. The molecule has 35 heavy (non-hydrogen) atoms. The molecule has 4 amide bonds. The van der Waals surface area contributed by atoms with Gasteiger partial charge in [-0.1, -0.05) is 12.1 Å². The van der Waals surface area contributed by atoms with Gasteiger partial charge < -0.3 is 47.8 Å². The standard InChI is InChI=1S/C21H31N5O9/c1-10(28)17(26-18(31)13(22)6-7-16(23)30)20(33)24-14(8-11-2-4-12(29)5-3-11)19(32)25-15(9-27)21(34)35/h2-5,10,13-15,17,27-29H,6-9,22H2,1H3,(H2,23,30)(H,24,33)(H,25,32)(H,26,31)(H,34,35). The maximum atomic E-state index is 12.9. The second kappa shape index (κ2) is 13.8. The first-order valence-corrected chi connectivity index (χ1v) is 10.6. The topological polar surface area (TPSA) is 254 Å². The van der Waals surface area contributed by atoms with Crippen LogP contribution in [-0.4, -0.2) is 86.9 Å². The van der Waals surface area contributed by atoms with Crippen LogP contribution in [0.2, 0.25) is 0 Å². The number of carboxylic acid groups (broad SMARTS) is 1. The molecule has 1 aromatic carbocycles. The van der Waals surface area contributed by atoms with Crippen LogP contribution in [0.4, 0.5) is 0 Å². The normalized spacial score (nSPS) is 15.1. The van der Waals surface area contributed by atoms with Crippen LogP contribution in [0.3, 0.4) is 0 Å². The van der Waals surface area contributed by atoms with Gasteiger partial charge in [-0.25, -0.2) is 4.79 Å². The Morgan fingerprint density at radius 3 is 2.00 bits per heavy atom. The molecule has 14 heteroatoms. The van der Waals surface area contributed by atoms with E-state index in [9.17, 15) is 39.3 Å². The van der Waals surface area contributed by atoms with E-state index < -0.39 is 66.5 Å². The van der Waals surface area contributed by atoms with E-state index in [1.165, 1.54) is 31.2 Å². The van der Waals surface area contributed by atoms with Crippen molar-refractivity contribution in [3.63, 3.8) is 0 Å². The van der Waals surface area contributed by atoms with Crippen LogP contribution < -0.4 is 27.4 Å². The predicted octanol–water partition coefficient (Wildman–Crippen LogP) is -3.56. The highest BCUT2D eigenvalue weighted by Crippen LogP contribution is 2.12. The monoisotopic (exact) mass is 497 g/mol. The highest BCUT2D eigenvalue weighted by molar-refractivity contribution is 5.94. The van der Waals surface area contributed by atoms with Crippen LogP contribution in [0.1, 0.15) is 25.3 Å². The van der Waals surface area contributed by atoms with Crippen LogP contribution in [0, 0.1) is 0 Å². The van der Waals surface area contributed by atoms with Gasteiger partial charge in [0.05, 0.1) is 18.8 Å². The third-order valence-corrected chi connectivity index (χ3v) is 4.91. The Kier molecular flexibility index (Phi) is 11.6. The number of primary amides is 1. The first kappa shape index (κ1) is 29.3. The molecule has 0 aliphatic rings. The maximum Gasteiger partial charge on any atom is 0.328 e. The summed E-state index contributed by atoms with van der Waals surface area (Å²) in [7, 11) is 0. The number of phenolic OH excluding ortho intramolecular Hbond substituents is 1. The number of carbonyl (C=O) groups is 5. The van der Waals surface area contributed by atoms with Crippen molar-refractivity contribution in [2.24, 2.45) is 11.5 Å². The van der Waals surface area contributed by atoms with E-state index in [4.69, 9.17) is 16.6 Å². The number of nitrogens with one attached hydrogen (secondary N) is 3. The number of phenols is 1. The summed E-state index contributed by atoms with van der Waals surface area (Å²) in [5.41, 5.74) is 11.2. The van der Waals surface area contributed by atoms with Crippen LogP contribution in [0.25, 0.3) is 0 Å². The summed E-state index contributed by atoms with van der Waals surface area (Å²) >= 11 is 0. The van der Waals surface area contributed by atoms with Crippen LogP contribution in [0.15, 0.2) is 24.3 Å². The zero-order valence-electron chi connectivity index (χ0n) is 19.0. The second-order valence-corrected chi connectivity index (χ2v) is 7.85. The number of aliphatic hydroxyl groups excluding tert-OH is 2. The minimum absolute atomic E-state index is 0.0467. The lowest BCUT2D eigenvalue weighted by atomic mass is 10.0. The van der Waals surface area contributed by atoms with Crippen molar-refractivity contribution in [3.05, 3.63) is 29.8 Å². The van der Waals surface area contributed by atoms with Gasteiger partial charge in [0, 0.05) is 12.8 Å². The Balaban J connectivity index is 3.05. The molecule has 1 aromatic rings. The minimum Gasteiger partial charge on any atom is -0.508 e. The number of rotatable bonds is 14. The largest absolute Gasteiger partial charge is 0.508 e. The molecule has 0 saturated carbocycles. The molecule has 1 rings (SSSR count). The van der Waals surface area contributed by atoms with Gasteiger partial charge in [-0.05, 0) is 31.0 Å². The number of aliphatic hydroxyl groups is 2. The Morgan fingerprint density at radius 1 is 0.943 bits per heavy atom. The van der Waals surface area contributed by atoms with Gasteiger partial charge in [-0.2, -0.15) is 0 Å². The molecule has 0 fully saturated rings. The molecule has 5 unspecified atom stereocenters. The minimum atomic E-state index is -1.64. The number of hydrogen-bond donors (Lipinski definition) is 9. The van der Waals surface area contributed by atoms with E-state index in [-0.39, 0.29) is 25.0 Å². The van der Waals surface area contributed by atoms with Crippen molar-refractivity contribution < 1.29 is 44.4 Å².